The van der Waals surface area contributed by atoms with Crippen LogP contribution in [0, 0.1) is 19.8 Å². The van der Waals surface area contributed by atoms with Crippen LogP contribution in [0.4, 0.5) is 0 Å². The van der Waals surface area contributed by atoms with Crippen LogP contribution in [0.15, 0.2) is 40.9 Å². The SMILES string of the molecule is Cc1cc(C(O)C2Cc3ccccc3C2)c(C)cc1Br. The maximum atomic E-state index is 10.8. The van der Waals surface area contributed by atoms with Gasteiger partial charge in [0.1, 0.15) is 0 Å². The molecule has 1 aliphatic carbocycles. The van der Waals surface area contributed by atoms with Gasteiger partial charge in [-0.25, -0.2) is 0 Å². The van der Waals surface area contributed by atoms with Crippen molar-refractivity contribution in [1.82, 2.24) is 0 Å². The first-order chi connectivity index (χ1) is 9.56. The molecule has 0 amide bonds. The first kappa shape index (κ1) is 13.8. The summed E-state index contributed by atoms with van der Waals surface area (Å²) in [7, 11) is 0. The lowest BCUT2D eigenvalue weighted by molar-refractivity contribution is 0.113. The highest BCUT2D eigenvalue weighted by atomic mass is 79.9. The molecule has 1 atom stereocenters. The molecule has 2 heteroatoms. The summed E-state index contributed by atoms with van der Waals surface area (Å²) >= 11 is 3.55. The fraction of sp³-hybridized carbons (Fsp3) is 0.333. The largest absolute Gasteiger partial charge is 0.388 e. The fourth-order valence-corrected chi connectivity index (χ4v) is 3.65. The minimum Gasteiger partial charge on any atom is -0.388 e. The molecule has 2 aromatic rings. The molecule has 0 aliphatic heterocycles. The van der Waals surface area contributed by atoms with E-state index < -0.39 is 0 Å². The highest BCUT2D eigenvalue weighted by Crippen LogP contribution is 2.37. The van der Waals surface area contributed by atoms with Gasteiger partial charge >= 0.3 is 0 Å². The van der Waals surface area contributed by atoms with Crippen molar-refractivity contribution in [3.05, 3.63) is 68.7 Å². The van der Waals surface area contributed by atoms with Gasteiger partial charge in [-0.15, -0.1) is 0 Å². The predicted octanol–water partition coefficient (Wildman–Crippen LogP) is 4.51. The van der Waals surface area contributed by atoms with E-state index >= 15 is 0 Å². The van der Waals surface area contributed by atoms with Crippen molar-refractivity contribution in [1.29, 1.82) is 0 Å². The molecule has 1 nitrogen and oxygen atoms in total. The molecular formula is C18H19BrO. The van der Waals surface area contributed by atoms with Gasteiger partial charge in [0.25, 0.3) is 0 Å². The second kappa shape index (κ2) is 5.34. The predicted molar refractivity (Wildman–Crippen MR) is 85.9 cm³/mol. The van der Waals surface area contributed by atoms with Gasteiger partial charge in [-0.2, -0.15) is 0 Å². The molecule has 0 heterocycles. The average Bonchev–Trinajstić information content (AvgIpc) is 2.86. The summed E-state index contributed by atoms with van der Waals surface area (Å²) < 4.78 is 1.11. The highest BCUT2D eigenvalue weighted by molar-refractivity contribution is 9.10. The average molecular weight is 331 g/mol. The number of aliphatic hydroxyl groups is 1. The number of hydrogen-bond acceptors (Lipinski definition) is 1. The Morgan fingerprint density at radius 3 is 2.25 bits per heavy atom. The van der Waals surface area contributed by atoms with Gasteiger partial charge in [-0.05, 0) is 66.5 Å². The van der Waals surface area contributed by atoms with E-state index in [1.807, 2.05) is 0 Å². The van der Waals surface area contributed by atoms with Gasteiger partial charge in [0.2, 0.25) is 0 Å². The molecule has 104 valence electrons. The molecule has 0 saturated carbocycles. The lowest BCUT2D eigenvalue weighted by atomic mass is 9.90. The maximum Gasteiger partial charge on any atom is 0.0827 e. The quantitative estimate of drug-likeness (QED) is 0.858. The smallest absolute Gasteiger partial charge is 0.0827 e. The molecule has 0 bridgehead atoms. The van der Waals surface area contributed by atoms with Crippen LogP contribution in [0.5, 0.6) is 0 Å². The van der Waals surface area contributed by atoms with Crippen LogP contribution in [0.2, 0.25) is 0 Å². The van der Waals surface area contributed by atoms with E-state index in [0.29, 0.717) is 5.92 Å². The first-order valence-electron chi connectivity index (χ1n) is 7.07. The van der Waals surface area contributed by atoms with Crippen molar-refractivity contribution in [2.24, 2.45) is 5.92 Å². The van der Waals surface area contributed by atoms with Gasteiger partial charge < -0.3 is 5.11 Å². The van der Waals surface area contributed by atoms with Crippen molar-refractivity contribution in [2.75, 3.05) is 0 Å². The van der Waals surface area contributed by atoms with E-state index in [1.54, 1.807) is 0 Å². The van der Waals surface area contributed by atoms with Crippen molar-refractivity contribution >= 4 is 15.9 Å². The van der Waals surface area contributed by atoms with E-state index in [2.05, 4.69) is 66.2 Å². The van der Waals surface area contributed by atoms with Crippen LogP contribution in [0.3, 0.4) is 0 Å². The molecule has 1 aliphatic rings. The van der Waals surface area contributed by atoms with Crippen molar-refractivity contribution < 1.29 is 5.11 Å². The van der Waals surface area contributed by atoms with Crippen LogP contribution >= 0.6 is 15.9 Å². The standard InChI is InChI=1S/C18H19BrO/c1-11-8-17(19)12(2)7-16(11)18(20)15-9-13-5-3-4-6-14(13)10-15/h3-8,15,18,20H,9-10H2,1-2H3. The Labute approximate surface area is 128 Å². The molecule has 0 fully saturated rings. The Hall–Kier alpha value is -1.12. The lowest BCUT2D eigenvalue weighted by Gasteiger charge is -2.21. The lowest BCUT2D eigenvalue weighted by Crippen LogP contribution is -2.14. The van der Waals surface area contributed by atoms with Crippen LogP contribution in [0.25, 0.3) is 0 Å². The number of aryl methyl sites for hydroxylation is 2. The van der Waals surface area contributed by atoms with Crippen LogP contribution < -0.4 is 0 Å². The normalized spacial score (nSPS) is 16.2. The Bertz CT molecular complexity index is 623. The van der Waals surface area contributed by atoms with Gasteiger partial charge in [-0.3, -0.25) is 0 Å². The van der Waals surface area contributed by atoms with Gasteiger partial charge in [0.05, 0.1) is 6.10 Å². The van der Waals surface area contributed by atoms with E-state index in [-0.39, 0.29) is 6.10 Å². The summed E-state index contributed by atoms with van der Waals surface area (Å²) in [5, 5.41) is 10.8. The second-order valence-corrected chi connectivity index (χ2v) is 6.69. The number of fused-ring (bicyclic) bond motifs is 1. The third-order valence-electron chi connectivity index (χ3n) is 4.40. The number of benzene rings is 2. The summed E-state index contributed by atoms with van der Waals surface area (Å²) in [6, 6.07) is 12.8. The molecule has 0 aromatic heterocycles. The first-order valence-corrected chi connectivity index (χ1v) is 7.87. The molecule has 1 N–H and O–H groups in total. The molecule has 1 unspecified atom stereocenters. The minimum atomic E-state index is -0.380. The Balaban J connectivity index is 1.88. The van der Waals surface area contributed by atoms with Gasteiger partial charge in [0, 0.05) is 4.47 Å². The summed E-state index contributed by atoms with van der Waals surface area (Å²) in [6.45, 7) is 4.15. The number of aliphatic hydroxyl groups excluding tert-OH is 1. The van der Waals surface area contributed by atoms with Crippen molar-refractivity contribution in [3.63, 3.8) is 0 Å². The van der Waals surface area contributed by atoms with E-state index in [9.17, 15) is 5.11 Å². The monoisotopic (exact) mass is 330 g/mol. The third kappa shape index (κ3) is 2.43. The summed E-state index contributed by atoms with van der Waals surface area (Å²) in [6.07, 6.45) is 1.58. The topological polar surface area (TPSA) is 20.2 Å². The summed E-state index contributed by atoms with van der Waals surface area (Å²) in [4.78, 5) is 0. The highest BCUT2D eigenvalue weighted by Gasteiger charge is 2.29. The number of halogens is 1. The third-order valence-corrected chi connectivity index (χ3v) is 5.25. The molecule has 0 spiro atoms. The molecular weight excluding hydrogens is 312 g/mol. The zero-order chi connectivity index (χ0) is 14.3. The van der Waals surface area contributed by atoms with Gasteiger partial charge in [-0.1, -0.05) is 46.3 Å². The molecule has 0 radical (unpaired) electrons. The fourth-order valence-electron chi connectivity index (χ4n) is 3.19. The van der Waals surface area contributed by atoms with E-state index in [1.165, 1.54) is 16.7 Å². The zero-order valence-corrected chi connectivity index (χ0v) is 13.4. The van der Waals surface area contributed by atoms with E-state index in [4.69, 9.17) is 0 Å². The van der Waals surface area contributed by atoms with E-state index in [0.717, 1.165) is 28.4 Å². The zero-order valence-electron chi connectivity index (χ0n) is 11.9. The van der Waals surface area contributed by atoms with Crippen LogP contribution in [-0.2, 0) is 12.8 Å². The second-order valence-electron chi connectivity index (χ2n) is 5.84. The Morgan fingerprint density at radius 1 is 1.05 bits per heavy atom. The molecule has 0 saturated heterocycles. The summed E-state index contributed by atoms with van der Waals surface area (Å²) in [5.74, 6) is 0.298. The van der Waals surface area contributed by atoms with Crippen molar-refractivity contribution in [2.45, 2.75) is 32.8 Å². The number of rotatable bonds is 2. The van der Waals surface area contributed by atoms with Crippen LogP contribution in [0.1, 0.15) is 33.9 Å². The van der Waals surface area contributed by atoms with Gasteiger partial charge in [0.15, 0.2) is 0 Å². The Kier molecular flexibility index (Phi) is 3.70. The maximum absolute atomic E-state index is 10.8. The molecule has 2 aromatic carbocycles. The molecule has 20 heavy (non-hydrogen) atoms. The summed E-state index contributed by atoms with van der Waals surface area (Å²) in [5.41, 5.74) is 6.20. The molecule has 3 rings (SSSR count). The Morgan fingerprint density at radius 2 is 1.65 bits per heavy atom. The minimum absolute atomic E-state index is 0.298. The van der Waals surface area contributed by atoms with Crippen LogP contribution in [-0.4, -0.2) is 5.11 Å². The van der Waals surface area contributed by atoms with Crippen molar-refractivity contribution in [3.8, 4) is 0 Å². The number of hydrogen-bond donors (Lipinski definition) is 1.